The Bertz CT molecular complexity index is 2090. The Labute approximate surface area is 355 Å². The number of nitrogens with zero attached hydrogens (tertiary/aromatic N) is 4. The van der Waals surface area contributed by atoms with Gasteiger partial charge in [-0.1, -0.05) is 51.1 Å². The molecule has 336 valence electrons. The lowest BCUT2D eigenvalue weighted by Gasteiger charge is -2.40. The fraction of sp³-hybridized carbons (Fsp3) is 0.465. The van der Waals surface area contributed by atoms with Crippen molar-refractivity contribution in [1.29, 1.82) is 0 Å². The molecule has 1 aliphatic carbocycles. The summed E-state index contributed by atoms with van der Waals surface area (Å²) >= 11 is 0. The number of carbonyl (C=O) groups excluding carboxylic acids is 5. The van der Waals surface area contributed by atoms with Crippen LogP contribution in [0.4, 0.5) is 22.0 Å². The molecule has 62 heavy (non-hydrogen) atoms. The molecule has 0 bridgehead atoms. The number of hydrogen-bond acceptors (Lipinski definition) is 9. The number of nitrogens with two attached hydrogens (primary N) is 1. The first-order chi connectivity index (χ1) is 29.1. The number of benzene rings is 2. The Morgan fingerprint density at radius 3 is 2.15 bits per heavy atom. The Hall–Kier alpha value is -5.82. The van der Waals surface area contributed by atoms with Crippen molar-refractivity contribution in [2.75, 3.05) is 19.7 Å². The monoisotopic (exact) mass is 874 g/mol. The Kier molecular flexibility index (Phi) is 16.8. The average molecular weight is 875 g/mol. The zero-order valence-electron chi connectivity index (χ0n) is 34.5. The van der Waals surface area contributed by atoms with Crippen molar-refractivity contribution in [3.63, 3.8) is 0 Å². The van der Waals surface area contributed by atoms with E-state index in [1.54, 1.807) is 10.8 Å². The molecule has 14 nitrogen and oxygen atoms in total. The SMILES string of the molecule is CC(C)(C)[C@H](c1nc(-c2cc(F)ccc2F)cn1Cc1ccccc1)N(CC[C@H](N)C(=O)NCCCC(=O)C1CCC(N2C(=O)C=CC2=O)CC1)C(=O)CO.O=C(O)C(F)(F)F. The lowest BCUT2D eigenvalue weighted by atomic mass is 9.82. The molecule has 2 aliphatic rings. The number of alkyl halides is 3. The highest BCUT2D eigenvalue weighted by Crippen LogP contribution is 2.40. The maximum Gasteiger partial charge on any atom is 0.490 e. The second-order valence-electron chi connectivity index (χ2n) is 16.2. The normalized spacial score (nSPS) is 17.5. The molecule has 1 aliphatic heterocycles. The number of carbonyl (C=O) groups is 6. The minimum Gasteiger partial charge on any atom is -0.475 e. The zero-order valence-corrected chi connectivity index (χ0v) is 34.5. The number of carboxylic acids is 1. The quantitative estimate of drug-likeness (QED) is 0.0853. The molecule has 2 aromatic carbocycles. The van der Waals surface area contributed by atoms with Crippen LogP contribution < -0.4 is 11.1 Å². The number of aliphatic carboxylic acids is 1. The fourth-order valence-corrected chi connectivity index (χ4v) is 7.51. The van der Waals surface area contributed by atoms with Gasteiger partial charge in [-0.3, -0.25) is 28.9 Å². The summed E-state index contributed by atoms with van der Waals surface area (Å²) in [4.78, 5) is 79.8. The number of imidazole rings is 1. The second-order valence-corrected chi connectivity index (χ2v) is 16.2. The Morgan fingerprint density at radius 1 is 0.968 bits per heavy atom. The summed E-state index contributed by atoms with van der Waals surface area (Å²) in [7, 11) is 0. The van der Waals surface area contributed by atoms with Gasteiger partial charge in [0.05, 0.1) is 17.8 Å². The van der Waals surface area contributed by atoms with Crippen LogP contribution in [-0.4, -0.2) is 103 Å². The maximum atomic E-state index is 15.0. The number of Topliss-reactive ketones (excluding diaryl/α,β-unsaturated/α-hetero) is 1. The van der Waals surface area contributed by atoms with Crippen LogP contribution in [0.5, 0.6) is 0 Å². The van der Waals surface area contributed by atoms with Gasteiger partial charge in [0.1, 0.15) is 29.8 Å². The molecular weight excluding hydrogens is 823 g/mol. The Morgan fingerprint density at radius 2 is 1.58 bits per heavy atom. The van der Waals surface area contributed by atoms with Crippen LogP contribution in [0.1, 0.15) is 83.1 Å². The van der Waals surface area contributed by atoms with Gasteiger partial charge >= 0.3 is 12.1 Å². The van der Waals surface area contributed by atoms with Gasteiger partial charge in [-0.2, -0.15) is 13.2 Å². The van der Waals surface area contributed by atoms with Crippen molar-refractivity contribution in [2.24, 2.45) is 17.1 Å². The van der Waals surface area contributed by atoms with Crippen molar-refractivity contribution in [3.05, 3.63) is 89.9 Å². The van der Waals surface area contributed by atoms with E-state index in [9.17, 15) is 51.0 Å². The fourth-order valence-electron chi connectivity index (χ4n) is 7.51. The van der Waals surface area contributed by atoms with E-state index in [2.05, 4.69) is 5.32 Å². The molecule has 1 fully saturated rings. The first-order valence-electron chi connectivity index (χ1n) is 20.0. The van der Waals surface area contributed by atoms with Gasteiger partial charge < -0.3 is 30.7 Å². The van der Waals surface area contributed by atoms with E-state index in [0.717, 1.165) is 23.8 Å². The van der Waals surface area contributed by atoms with Crippen LogP contribution >= 0.6 is 0 Å². The second kappa shape index (κ2) is 21.3. The number of hydrogen-bond donors (Lipinski definition) is 4. The molecule has 5 N–H and O–H groups in total. The average Bonchev–Trinajstić information content (AvgIpc) is 3.78. The lowest BCUT2D eigenvalue weighted by molar-refractivity contribution is -0.192. The van der Waals surface area contributed by atoms with Gasteiger partial charge in [-0.05, 0) is 67.7 Å². The summed E-state index contributed by atoms with van der Waals surface area (Å²) in [5.74, 6) is -5.46. The number of ketones is 1. The van der Waals surface area contributed by atoms with Gasteiger partial charge in [0.15, 0.2) is 0 Å². The number of halogens is 5. The molecule has 19 heteroatoms. The predicted molar refractivity (Wildman–Crippen MR) is 214 cm³/mol. The van der Waals surface area contributed by atoms with Crippen molar-refractivity contribution >= 4 is 35.4 Å². The summed E-state index contributed by atoms with van der Waals surface area (Å²) < 4.78 is 62.8. The van der Waals surface area contributed by atoms with Gasteiger partial charge in [-0.25, -0.2) is 18.6 Å². The summed E-state index contributed by atoms with van der Waals surface area (Å²) in [5, 5.41) is 20.0. The van der Waals surface area contributed by atoms with Crippen LogP contribution in [-0.2, 0) is 35.3 Å². The number of aliphatic hydroxyl groups excluding tert-OH is 1. The van der Waals surface area contributed by atoms with Crippen molar-refractivity contribution in [2.45, 2.75) is 96.6 Å². The van der Waals surface area contributed by atoms with Gasteiger partial charge in [0.25, 0.3) is 11.8 Å². The molecular formula is C43H51F5N6O8. The van der Waals surface area contributed by atoms with Crippen LogP contribution in [0.2, 0.25) is 0 Å². The number of rotatable bonds is 16. The van der Waals surface area contributed by atoms with Crippen molar-refractivity contribution in [1.82, 2.24) is 24.7 Å². The number of nitrogens with one attached hydrogen (secondary N) is 1. The number of imide groups is 1. The van der Waals surface area contributed by atoms with Crippen LogP contribution in [0.15, 0.2) is 66.9 Å². The summed E-state index contributed by atoms with van der Waals surface area (Å²) in [6, 6.07) is 10.6. The highest BCUT2D eigenvalue weighted by molar-refractivity contribution is 6.13. The van der Waals surface area contributed by atoms with Gasteiger partial charge in [0.2, 0.25) is 11.8 Å². The molecule has 5 rings (SSSR count). The third-order valence-corrected chi connectivity index (χ3v) is 10.6. The van der Waals surface area contributed by atoms with E-state index < -0.39 is 59.7 Å². The lowest BCUT2D eigenvalue weighted by Crippen LogP contribution is -2.48. The van der Waals surface area contributed by atoms with Crippen molar-refractivity contribution < 1.29 is 60.9 Å². The molecule has 0 unspecified atom stereocenters. The number of aliphatic hydroxyl groups is 1. The highest BCUT2D eigenvalue weighted by atomic mass is 19.4. The molecule has 4 amide bonds. The largest absolute Gasteiger partial charge is 0.490 e. The van der Waals surface area contributed by atoms with Crippen LogP contribution in [0.3, 0.4) is 0 Å². The summed E-state index contributed by atoms with van der Waals surface area (Å²) in [5.41, 5.74) is 6.64. The number of carboxylic acid groups (broad SMARTS) is 1. The Balaban J connectivity index is 0.00000111. The molecule has 1 saturated carbocycles. The minimum atomic E-state index is -5.08. The minimum absolute atomic E-state index is 0.0242. The molecule has 2 atom stereocenters. The first-order valence-corrected chi connectivity index (χ1v) is 20.0. The molecule has 0 radical (unpaired) electrons. The molecule has 0 spiro atoms. The smallest absolute Gasteiger partial charge is 0.475 e. The molecule has 1 aromatic heterocycles. The van der Waals surface area contributed by atoms with E-state index in [1.807, 2.05) is 51.1 Å². The van der Waals surface area contributed by atoms with Crippen LogP contribution in [0, 0.1) is 23.0 Å². The predicted octanol–water partition coefficient (Wildman–Crippen LogP) is 5.08. The summed E-state index contributed by atoms with van der Waals surface area (Å²) in [6.07, 6.45) is 2.12. The first kappa shape index (κ1) is 48.8. The van der Waals surface area contributed by atoms with Gasteiger partial charge in [-0.15, -0.1) is 0 Å². The van der Waals surface area contributed by atoms with E-state index in [1.165, 1.54) is 22.0 Å². The molecule has 3 aromatic rings. The standard InChI is InChI=1S/C41H50F2N6O6.C2HF3O2/c1-41(2,3)38(39-46-33(30-22-28(42)13-16-31(30)43)24-47(39)23-26-8-5-4-6-9-26)48(37(54)25-50)21-19-32(44)40(55)45-20-7-10-34(51)27-11-14-29(15-12-27)49-35(52)17-18-36(49)53;3-2(4,5)1(6)7/h4-6,8-9,13,16-18,22,24,27,29,32,38,50H,7,10-12,14-15,19-21,23,25,44H2,1-3H3,(H,45,55);(H,6,7)/t27?,29?,32-,38-;/m0./s1. The van der Waals surface area contributed by atoms with E-state index in [0.29, 0.717) is 44.5 Å². The van der Waals surface area contributed by atoms with Gasteiger partial charge in [0, 0.05) is 61.9 Å². The van der Waals surface area contributed by atoms with Crippen molar-refractivity contribution in [3.8, 4) is 11.3 Å². The zero-order chi connectivity index (χ0) is 45.9. The van der Waals surface area contributed by atoms with Crippen LogP contribution in [0.25, 0.3) is 11.3 Å². The molecule has 2 heterocycles. The van der Waals surface area contributed by atoms with E-state index in [4.69, 9.17) is 20.6 Å². The summed E-state index contributed by atoms with van der Waals surface area (Å²) in [6.45, 7) is 5.36. The molecule has 0 saturated heterocycles. The third-order valence-electron chi connectivity index (χ3n) is 10.6. The van der Waals surface area contributed by atoms with E-state index in [-0.39, 0.29) is 66.7 Å². The number of amides is 4. The third kappa shape index (κ3) is 13.1. The topological polar surface area (TPSA) is 205 Å². The maximum absolute atomic E-state index is 15.0. The number of aromatic nitrogens is 2. The van der Waals surface area contributed by atoms with E-state index >= 15 is 0 Å². The highest BCUT2D eigenvalue weighted by Gasteiger charge is 2.40.